The van der Waals surface area contributed by atoms with Gasteiger partial charge in [-0.3, -0.25) is 4.79 Å². The summed E-state index contributed by atoms with van der Waals surface area (Å²) in [6, 6.07) is 4.80. The van der Waals surface area contributed by atoms with Gasteiger partial charge in [0.2, 0.25) is 15.9 Å². The molecule has 5 nitrogen and oxygen atoms in total. The number of nitrogens with zero attached hydrogens (tertiary/aromatic N) is 1. The second-order valence-corrected chi connectivity index (χ2v) is 9.62. The summed E-state index contributed by atoms with van der Waals surface area (Å²) in [4.78, 5) is 12.1. The highest BCUT2D eigenvalue weighted by Gasteiger charge is 2.31. The Bertz CT molecular complexity index is 715. The number of carbonyl (C=O) groups excluding carboxylic acids is 1. The molecule has 0 aromatic heterocycles. The zero-order chi connectivity index (χ0) is 18.6. The van der Waals surface area contributed by atoms with E-state index in [4.69, 9.17) is 23.2 Å². The fraction of sp³-hybridized carbons (Fsp3) is 0.588. The molecule has 0 aliphatic carbocycles. The normalized spacial score (nSPS) is 17.0. The predicted molar refractivity (Wildman–Crippen MR) is 101 cm³/mol. The van der Waals surface area contributed by atoms with E-state index in [2.05, 4.69) is 5.32 Å². The largest absolute Gasteiger partial charge is 0.356 e. The third-order valence-corrected chi connectivity index (χ3v) is 6.67. The number of amides is 1. The highest BCUT2D eigenvalue weighted by atomic mass is 35.5. The fourth-order valence-electron chi connectivity index (χ4n) is 2.77. The molecule has 0 spiro atoms. The third-order valence-electron chi connectivity index (χ3n) is 4.26. The molecule has 0 atom stereocenters. The van der Waals surface area contributed by atoms with Gasteiger partial charge in [0.1, 0.15) is 0 Å². The lowest BCUT2D eigenvalue weighted by Crippen LogP contribution is -2.43. The molecule has 25 heavy (non-hydrogen) atoms. The van der Waals surface area contributed by atoms with Crippen molar-refractivity contribution in [3.63, 3.8) is 0 Å². The second-order valence-electron chi connectivity index (χ2n) is 6.80. The van der Waals surface area contributed by atoms with Gasteiger partial charge < -0.3 is 5.32 Å². The highest BCUT2D eigenvalue weighted by molar-refractivity contribution is 7.88. The smallest absolute Gasteiger partial charge is 0.223 e. The summed E-state index contributed by atoms with van der Waals surface area (Å²) in [7, 11) is -3.47. The number of piperidine rings is 1. The number of halogens is 2. The number of benzene rings is 1. The number of rotatable bonds is 6. The number of carbonyl (C=O) groups is 1. The van der Waals surface area contributed by atoms with Crippen molar-refractivity contribution in [2.75, 3.05) is 19.6 Å². The van der Waals surface area contributed by atoms with E-state index in [0.717, 1.165) is 0 Å². The number of hydrogen-bond acceptors (Lipinski definition) is 3. The molecule has 140 valence electrons. The van der Waals surface area contributed by atoms with E-state index in [1.54, 1.807) is 18.2 Å². The Morgan fingerprint density at radius 2 is 1.92 bits per heavy atom. The molecule has 1 aliphatic rings. The van der Waals surface area contributed by atoms with Crippen LogP contribution in [0.1, 0.15) is 32.3 Å². The SMILES string of the molecule is CC(C)CNC(=O)C1CCN(S(=O)(=O)Cc2ccc(Cl)cc2Cl)CC1. The molecule has 1 heterocycles. The Morgan fingerprint density at radius 1 is 1.28 bits per heavy atom. The third kappa shape index (κ3) is 5.84. The van der Waals surface area contributed by atoms with E-state index in [1.807, 2.05) is 13.8 Å². The van der Waals surface area contributed by atoms with Gasteiger partial charge in [0.15, 0.2) is 0 Å². The van der Waals surface area contributed by atoms with E-state index in [1.165, 1.54) is 4.31 Å². The van der Waals surface area contributed by atoms with Crippen molar-refractivity contribution >= 4 is 39.1 Å². The average Bonchev–Trinajstić information content (AvgIpc) is 2.55. The Kier molecular flexibility index (Phi) is 7.14. The van der Waals surface area contributed by atoms with Gasteiger partial charge in [0, 0.05) is 35.6 Å². The molecule has 8 heteroatoms. The summed E-state index contributed by atoms with van der Waals surface area (Å²) in [6.07, 6.45) is 1.08. The van der Waals surface area contributed by atoms with Crippen molar-refractivity contribution in [3.05, 3.63) is 33.8 Å². The minimum absolute atomic E-state index is 0.0199. The molecule has 1 aliphatic heterocycles. The van der Waals surface area contributed by atoms with Crippen molar-refractivity contribution in [1.82, 2.24) is 9.62 Å². The summed E-state index contributed by atoms with van der Waals surface area (Å²) in [5.41, 5.74) is 0.530. The lowest BCUT2D eigenvalue weighted by atomic mass is 9.97. The summed E-state index contributed by atoms with van der Waals surface area (Å²) in [5.74, 6) is 0.136. The molecular formula is C17H24Cl2N2O3S. The topological polar surface area (TPSA) is 66.5 Å². The van der Waals surface area contributed by atoms with Crippen LogP contribution in [0.2, 0.25) is 10.0 Å². The predicted octanol–water partition coefficient (Wildman–Crippen LogP) is 3.31. The molecule has 1 aromatic rings. The van der Waals surface area contributed by atoms with Crippen LogP contribution in [0.4, 0.5) is 0 Å². The molecule has 0 radical (unpaired) electrons. The van der Waals surface area contributed by atoms with Gasteiger partial charge in [-0.05, 0) is 36.5 Å². The average molecular weight is 407 g/mol. The first-order valence-electron chi connectivity index (χ1n) is 8.38. The van der Waals surface area contributed by atoms with E-state index in [-0.39, 0.29) is 17.6 Å². The summed E-state index contributed by atoms with van der Waals surface area (Å²) < 4.78 is 26.7. The van der Waals surface area contributed by atoms with E-state index in [9.17, 15) is 13.2 Å². The van der Waals surface area contributed by atoms with Crippen LogP contribution in [0.25, 0.3) is 0 Å². The lowest BCUT2D eigenvalue weighted by Gasteiger charge is -2.30. The van der Waals surface area contributed by atoms with Gasteiger partial charge in [0.05, 0.1) is 5.75 Å². The van der Waals surface area contributed by atoms with Gasteiger partial charge >= 0.3 is 0 Å². The Hall–Kier alpha value is -0.820. The molecule has 0 unspecified atom stereocenters. The van der Waals surface area contributed by atoms with Gasteiger partial charge in [-0.1, -0.05) is 43.1 Å². The lowest BCUT2D eigenvalue weighted by molar-refractivity contribution is -0.126. The zero-order valence-electron chi connectivity index (χ0n) is 14.5. The monoisotopic (exact) mass is 406 g/mol. The van der Waals surface area contributed by atoms with Crippen LogP contribution in [0.5, 0.6) is 0 Å². The second kappa shape index (κ2) is 8.71. The van der Waals surface area contributed by atoms with E-state index in [0.29, 0.717) is 54.0 Å². The van der Waals surface area contributed by atoms with Gasteiger partial charge in [-0.2, -0.15) is 0 Å². The first-order chi connectivity index (χ1) is 11.7. The molecule has 1 amide bonds. The molecule has 0 bridgehead atoms. The minimum Gasteiger partial charge on any atom is -0.356 e. The minimum atomic E-state index is -3.47. The molecule has 0 saturated carbocycles. The standard InChI is InChI=1S/C17H24Cl2N2O3S/c1-12(2)10-20-17(22)13-5-7-21(8-6-13)25(23,24)11-14-3-4-15(18)9-16(14)19/h3-4,9,12-13H,5-8,10-11H2,1-2H3,(H,20,22). The molecule has 2 rings (SSSR count). The Morgan fingerprint density at radius 3 is 2.48 bits per heavy atom. The first kappa shape index (κ1) is 20.5. The maximum absolute atomic E-state index is 12.6. The Balaban J connectivity index is 1.93. The van der Waals surface area contributed by atoms with Crippen LogP contribution in [-0.4, -0.2) is 38.3 Å². The van der Waals surface area contributed by atoms with Crippen molar-refractivity contribution in [1.29, 1.82) is 0 Å². The van der Waals surface area contributed by atoms with Gasteiger partial charge in [-0.25, -0.2) is 12.7 Å². The van der Waals surface area contributed by atoms with E-state index >= 15 is 0 Å². The first-order valence-corrected chi connectivity index (χ1v) is 10.7. The van der Waals surface area contributed by atoms with Crippen molar-refractivity contribution < 1.29 is 13.2 Å². The molecule has 1 N–H and O–H groups in total. The zero-order valence-corrected chi connectivity index (χ0v) is 16.8. The quantitative estimate of drug-likeness (QED) is 0.787. The maximum Gasteiger partial charge on any atom is 0.223 e. The highest BCUT2D eigenvalue weighted by Crippen LogP contribution is 2.26. The van der Waals surface area contributed by atoms with E-state index < -0.39 is 10.0 Å². The molecule has 1 aromatic carbocycles. The number of sulfonamides is 1. The van der Waals surface area contributed by atoms with Crippen LogP contribution < -0.4 is 5.32 Å². The van der Waals surface area contributed by atoms with Crippen LogP contribution >= 0.6 is 23.2 Å². The van der Waals surface area contributed by atoms with Crippen molar-refractivity contribution in [2.45, 2.75) is 32.4 Å². The summed E-state index contributed by atoms with van der Waals surface area (Å²) in [6.45, 7) is 5.43. The molecule has 1 saturated heterocycles. The van der Waals surface area contributed by atoms with Crippen LogP contribution in [0.15, 0.2) is 18.2 Å². The van der Waals surface area contributed by atoms with Crippen molar-refractivity contribution in [2.24, 2.45) is 11.8 Å². The van der Waals surface area contributed by atoms with Gasteiger partial charge in [0.25, 0.3) is 0 Å². The number of hydrogen-bond donors (Lipinski definition) is 1. The maximum atomic E-state index is 12.6. The summed E-state index contributed by atoms with van der Waals surface area (Å²) in [5, 5.41) is 3.74. The van der Waals surface area contributed by atoms with Crippen LogP contribution in [0, 0.1) is 11.8 Å². The number of nitrogens with one attached hydrogen (secondary N) is 1. The van der Waals surface area contributed by atoms with Crippen molar-refractivity contribution in [3.8, 4) is 0 Å². The van der Waals surface area contributed by atoms with Crippen LogP contribution in [-0.2, 0) is 20.6 Å². The molecular weight excluding hydrogens is 383 g/mol. The van der Waals surface area contributed by atoms with Gasteiger partial charge in [-0.15, -0.1) is 0 Å². The summed E-state index contributed by atoms with van der Waals surface area (Å²) >= 11 is 11.9. The fourth-order valence-corrected chi connectivity index (χ4v) is 4.92. The Labute approximate surface area is 159 Å². The van der Waals surface area contributed by atoms with Crippen LogP contribution in [0.3, 0.4) is 0 Å². The molecule has 1 fully saturated rings.